The molecule has 1 aromatic carbocycles. The van der Waals surface area contributed by atoms with Crippen LogP contribution in [0.25, 0.3) is 11.0 Å². The number of carbonyl (C=O) groups is 1. The first-order valence-electron chi connectivity index (χ1n) is 10.2. The second-order valence-electron chi connectivity index (χ2n) is 7.54. The summed E-state index contributed by atoms with van der Waals surface area (Å²) in [4.78, 5) is 15.1. The fourth-order valence-corrected chi connectivity index (χ4v) is 3.94. The van der Waals surface area contributed by atoms with E-state index in [2.05, 4.69) is 17.3 Å². The molecule has 3 heterocycles. The first-order valence-corrected chi connectivity index (χ1v) is 10.2. The molecule has 1 N–H and O–H groups in total. The molecule has 1 aliphatic rings. The molecule has 1 aliphatic heterocycles. The summed E-state index contributed by atoms with van der Waals surface area (Å²) in [6, 6.07) is 12.0. The molecule has 3 aromatic rings. The predicted molar refractivity (Wildman–Crippen MR) is 109 cm³/mol. The summed E-state index contributed by atoms with van der Waals surface area (Å²) >= 11 is 0. The van der Waals surface area contributed by atoms with Gasteiger partial charge in [0.15, 0.2) is 0 Å². The minimum absolute atomic E-state index is 0.0441. The lowest BCUT2D eigenvalue weighted by atomic mass is 10.1. The van der Waals surface area contributed by atoms with E-state index in [1.54, 1.807) is 0 Å². The quantitative estimate of drug-likeness (QED) is 0.697. The van der Waals surface area contributed by atoms with Gasteiger partial charge in [0.1, 0.15) is 17.0 Å². The molecule has 1 fully saturated rings. The van der Waals surface area contributed by atoms with Gasteiger partial charge in [0, 0.05) is 24.7 Å². The Kier molecular flexibility index (Phi) is 5.48. The van der Waals surface area contributed by atoms with Gasteiger partial charge in [-0.3, -0.25) is 9.48 Å². The Labute approximate surface area is 165 Å². The van der Waals surface area contributed by atoms with Gasteiger partial charge >= 0.3 is 0 Å². The Morgan fingerprint density at radius 3 is 3.00 bits per heavy atom. The SMILES string of the molecule is CCCN(C(=O)c1ccn(C2CCCNC2)n1)C(C)c1cc2ccccc2o1. The lowest BCUT2D eigenvalue weighted by Gasteiger charge is -2.27. The zero-order chi connectivity index (χ0) is 19.5. The molecule has 6 nitrogen and oxygen atoms in total. The first kappa shape index (κ1) is 18.7. The number of para-hydroxylation sites is 1. The molecule has 28 heavy (non-hydrogen) atoms. The van der Waals surface area contributed by atoms with Crippen LogP contribution in [0.4, 0.5) is 0 Å². The number of benzene rings is 1. The molecule has 2 unspecified atom stereocenters. The average Bonchev–Trinajstić information content (AvgIpc) is 3.39. The Bertz CT molecular complexity index is 906. The van der Waals surface area contributed by atoms with Crippen LogP contribution in [0, 0.1) is 0 Å². The van der Waals surface area contributed by atoms with Gasteiger partial charge in [-0.1, -0.05) is 25.1 Å². The third kappa shape index (κ3) is 3.69. The number of furan rings is 1. The highest BCUT2D eigenvalue weighted by molar-refractivity contribution is 5.92. The van der Waals surface area contributed by atoms with Crippen LogP contribution in [-0.4, -0.2) is 40.2 Å². The lowest BCUT2D eigenvalue weighted by Crippen LogP contribution is -2.35. The van der Waals surface area contributed by atoms with E-state index in [1.165, 1.54) is 0 Å². The maximum absolute atomic E-state index is 13.3. The molecule has 0 aliphatic carbocycles. The van der Waals surface area contributed by atoms with E-state index in [9.17, 15) is 4.79 Å². The fraction of sp³-hybridized carbons (Fsp3) is 0.455. The molecule has 2 aromatic heterocycles. The molecule has 0 spiro atoms. The van der Waals surface area contributed by atoms with Crippen LogP contribution in [-0.2, 0) is 0 Å². The molecule has 0 bridgehead atoms. The molecule has 1 amide bonds. The summed E-state index contributed by atoms with van der Waals surface area (Å²) in [6.45, 7) is 6.73. The van der Waals surface area contributed by atoms with Crippen molar-refractivity contribution in [2.75, 3.05) is 19.6 Å². The van der Waals surface area contributed by atoms with Crippen LogP contribution >= 0.6 is 0 Å². The van der Waals surface area contributed by atoms with Crippen LogP contribution in [0.2, 0.25) is 0 Å². The smallest absolute Gasteiger partial charge is 0.274 e. The highest BCUT2D eigenvalue weighted by Crippen LogP contribution is 2.28. The number of fused-ring (bicyclic) bond motifs is 1. The summed E-state index contributed by atoms with van der Waals surface area (Å²) in [5.74, 6) is 0.760. The van der Waals surface area contributed by atoms with E-state index in [-0.39, 0.29) is 11.9 Å². The van der Waals surface area contributed by atoms with Crippen LogP contribution in [0.15, 0.2) is 47.0 Å². The van der Waals surface area contributed by atoms with Gasteiger partial charge in [0.2, 0.25) is 0 Å². The summed E-state index contributed by atoms with van der Waals surface area (Å²) in [5, 5.41) is 9.07. The van der Waals surface area contributed by atoms with Gasteiger partial charge in [0.05, 0.1) is 12.1 Å². The minimum atomic E-state index is -0.152. The van der Waals surface area contributed by atoms with Gasteiger partial charge in [-0.05, 0) is 50.9 Å². The maximum Gasteiger partial charge on any atom is 0.274 e. The van der Waals surface area contributed by atoms with E-state index >= 15 is 0 Å². The highest BCUT2D eigenvalue weighted by atomic mass is 16.3. The van der Waals surface area contributed by atoms with Crippen LogP contribution in [0.3, 0.4) is 0 Å². The molecule has 4 rings (SSSR count). The van der Waals surface area contributed by atoms with Crippen molar-refractivity contribution >= 4 is 16.9 Å². The minimum Gasteiger partial charge on any atom is -0.459 e. The maximum atomic E-state index is 13.3. The first-order chi connectivity index (χ1) is 13.7. The van der Waals surface area contributed by atoms with Crippen LogP contribution < -0.4 is 5.32 Å². The number of rotatable bonds is 6. The number of amides is 1. The van der Waals surface area contributed by atoms with Crippen LogP contribution in [0.5, 0.6) is 0 Å². The third-order valence-electron chi connectivity index (χ3n) is 5.52. The number of nitrogens with one attached hydrogen (secondary N) is 1. The molecule has 2 atom stereocenters. The van der Waals surface area contributed by atoms with E-state index in [0.717, 1.165) is 49.1 Å². The van der Waals surface area contributed by atoms with Crippen molar-refractivity contribution < 1.29 is 9.21 Å². The van der Waals surface area contributed by atoms with Crippen molar-refractivity contribution in [3.05, 3.63) is 54.0 Å². The molecule has 0 saturated carbocycles. The molecular weight excluding hydrogens is 352 g/mol. The largest absolute Gasteiger partial charge is 0.459 e. The highest BCUT2D eigenvalue weighted by Gasteiger charge is 2.27. The molecule has 6 heteroatoms. The average molecular weight is 380 g/mol. The van der Waals surface area contributed by atoms with Crippen LogP contribution in [0.1, 0.15) is 61.4 Å². The fourth-order valence-electron chi connectivity index (χ4n) is 3.94. The second-order valence-corrected chi connectivity index (χ2v) is 7.54. The zero-order valence-electron chi connectivity index (χ0n) is 16.6. The summed E-state index contributed by atoms with van der Waals surface area (Å²) in [5.41, 5.74) is 1.35. The molecule has 0 radical (unpaired) electrons. The van der Waals surface area contributed by atoms with Crippen molar-refractivity contribution in [1.82, 2.24) is 20.0 Å². The Morgan fingerprint density at radius 2 is 2.25 bits per heavy atom. The molecular formula is C22H28N4O2. The Balaban J connectivity index is 1.56. The topological polar surface area (TPSA) is 63.3 Å². The standard InChI is InChI=1S/C22H28N4O2/c1-3-12-25(16(2)21-14-17-7-4-5-9-20(17)28-21)22(27)19-10-13-26(24-19)18-8-6-11-23-15-18/h4-5,7,9-10,13-14,16,18,23H,3,6,8,11-12,15H2,1-2H3. The number of nitrogens with zero attached hydrogens (tertiary/aromatic N) is 3. The zero-order valence-corrected chi connectivity index (χ0v) is 16.6. The van der Waals surface area contributed by atoms with E-state index in [1.807, 2.05) is 59.1 Å². The lowest BCUT2D eigenvalue weighted by molar-refractivity contribution is 0.0664. The van der Waals surface area contributed by atoms with E-state index in [0.29, 0.717) is 18.3 Å². The van der Waals surface area contributed by atoms with Crippen molar-refractivity contribution in [2.24, 2.45) is 0 Å². The van der Waals surface area contributed by atoms with Crippen molar-refractivity contribution in [3.8, 4) is 0 Å². The number of hydrogen-bond donors (Lipinski definition) is 1. The van der Waals surface area contributed by atoms with Gasteiger partial charge in [-0.25, -0.2) is 0 Å². The number of carbonyl (C=O) groups excluding carboxylic acids is 1. The monoisotopic (exact) mass is 380 g/mol. The van der Waals surface area contributed by atoms with Gasteiger partial charge in [-0.15, -0.1) is 0 Å². The summed E-state index contributed by atoms with van der Waals surface area (Å²) < 4.78 is 7.96. The summed E-state index contributed by atoms with van der Waals surface area (Å²) in [6.07, 6.45) is 5.04. The van der Waals surface area contributed by atoms with E-state index < -0.39 is 0 Å². The molecule has 1 saturated heterocycles. The predicted octanol–water partition coefficient (Wildman–Crippen LogP) is 4.17. The number of aromatic nitrogens is 2. The summed E-state index contributed by atoms with van der Waals surface area (Å²) in [7, 11) is 0. The molecule has 148 valence electrons. The number of hydrogen-bond acceptors (Lipinski definition) is 4. The second kappa shape index (κ2) is 8.19. The van der Waals surface area contributed by atoms with Gasteiger partial charge < -0.3 is 14.6 Å². The third-order valence-corrected chi connectivity index (χ3v) is 5.52. The Morgan fingerprint density at radius 1 is 1.39 bits per heavy atom. The van der Waals surface area contributed by atoms with Crippen molar-refractivity contribution in [1.29, 1.82) is 0 Å². The van der Waals surface area contributed by atoms with Gasteiger partial charge in [-0.2, -0.15) is 5.10 Å². The van der Waals surface area contributed by atoms with Gasteiger partial charge in [0.25, 0.3) is 5.91 Å². The van der Waals surface area contributed by atoms with E-state index in [4.69, 9.17) is 4.42 Å². The normalized spacial score (nSPS) is 18.3. The Hall–Kier alpha value is -2.60. The van der Waals surface area contributed by atoms with Crippen molar-refractivity contribution in [3.63, 3.8) is 0 Å². The number of piperidine rings is 1. The van der Waals surface area contributed by atoms with Crippen molar-refractivity contribution in [2.45, 2.75) is 45.2 Å².